The standard InChI is InChI=1S/C16H14ClNO3/c17-12-6-8-13(9-7-12)18-15(19)14(16(20)21)10-11-4-2-1-3-5-11/h1-9,14H,10H2,(H,18,19)(H,20,21). The zero-order chi connectivity index (χ0) is 15.2. The lowest BCUT2D eigenvalue weighted by atomic mass is 9.98. The molecule has 0 saturated carbocycles. The fraction of sp³-hybridized carbons (Fsp3) is 0.125. The van der Waals surface area contributed by atoms with E-state index in [4.69, 9.17) is 11.6 Å². The van der Waals surface area contributed by atoms with E-state index in [0.717, 1.165) is 5.56 Å². The summed E-state index contributed by atoms with van der Waals surface area (Å²) in [5.74, 6) is -2.83. The summed E-state index contributed by atoms with van der Waals surface area (Å²) in [6, 6.07) is 15.6. The van der Waals surface area contributed by atoms with E-state index >= 15 is 0 Å². The van der Waals surface area contributed by atoms with Crippen LogP contribution in [0.4, 0.5) is 5.69 Å². The molecule has 108 valence electrons. The lowest BCUT2D eigenvalue weighted by Gasteiger charge is -2.13. The number of hydrogen-bond acceptors (Lipinski definition) is 2. The molecule has 2 aromatic carbocycles. The molecule has 0 heterocycles. The van der Waals surface area contributed by atoms with E-state index < -0.39 is 17.8 Å². The smallest absolute Gasteiger partial charge is 0.316 e. The van der Waals surface area contributed by atoms with E-state index in [2.05, 4.69) is 5.32 Å². The van der Waals surface area contributed by atoms with Gasteiger partial charge in [0.1, 0.15) is 5.92 Å². The fourth-order valence-corrected chi connectivity index (χ4v) is 2.03. The van der Waals surface area contributed by atoms with Crippen molar-refractivity contribution in [2.45, 2.75) is 6.42 Å². The number of rotatable bonds is 5. The van der Waals surface area contributed by atoms with Crippen LogP contribution in [0.2, 0.25) is 5.02 Å². The van der Waals surface area contributed by atoms with Crippen LogP contribution in [0.1, 0.15) is 5.56 Å². The molecule has 2 N–H and O–H groups in total. The fourth-order valence-electron chi connectivity index (χ4n) is 1.90. The van der Waals surface area contributed by atoms with E-state index in [1.54, 1.807) is 36.4 Å². The van der Waals surface area contributed by atoms with Crippen LogP contribution in [0.25, 0.3) is 0 Å². The van der Waals surface area contributed by atoms with Gasteiger partial charge in [-0.3, -0.25) is 9.59 Å². The first-order chi connectivity index (χ1) is 10.1. The average Bonchev–Trinajstić information content (AvgIpc) is 2.48. The average molecular weight is 304 g/mol. The van der Waals surface area contributed by atoms with Crippen LogP contribution in [0.3, 0.4) is 0 Å². The molecule has 0 aliphatic heterocycles. The van der Waals surface area contributed by atoms with Crippen LogP contribution in [0.15, 0.2) is 54.6 Å². The van der Waals surface area contributed by atoms with E-state index in [1.807, 2.05) is 18.2 Å². The number of hydrogen-bond donors (Lipinski definition) is 2. The molecule has 0 radical (unpaired) electrons. The zero-order valence-corrected chi connectivity index (χ0v) is 11.9. The Morgan fingerprint density at radius 2 is 1.67 bits per heavy atom. The predicted molar refractivity (Wildman–Crippen MR) is 81.4 cm³/mol. The summed E-state index contributed by atoms with van der Waals surface area (Å²) in [5, 5.41) is 12.4. The Hall–Kier alpha value is -2.33. The Labute approximate surface area is 127 Å². The monoisotopic (exact) mass is 303 g/mol. The number of benzene rings is 2. The summed E-state index contributed by atoms with van der Waals surface area (Å²) < 4.78 is 0. The number of amides is 1. The lowest BCUT2D eigenvalue weighted by Crippen LogP contribution is -2.31. The van der Waals surface area contributed by atoms with Crippen LogP contribution < -0.4 is 5.32 Å². The van der Waals surface area contributed by atoms with Gasteiger partial charge in [0.15, 0.2) is 0 Å². The zero-order valence-electron chi connectivity index (χ0n) is 11.1. The van der Waals surface area contributed by atoms with Gasteiger partial charge in [-0.25, -0.2) is 0 Å². The minimum Gasteiger partial charge on any atom is -0.481 e. The Bertz CT molecular complexity index is 626. The van der Waals surface area contributed by atoms with Crippen molar-refractivity contribution in [3.63, 3.8) is 0 Å². The predicted octanol–water partition coefficient (Wildman–Crippen LogP) is 3.22. The second kappa shape index (κ2) is 6.90. The molecule has 1 unspecified atom stereocenters. The Morgan fingerprint density at radius 3 is 2.24 bits per heavy atom. The summed E-state index contributed by atoms with van der Waals surface area (Å²) in [4.78, 5) is 23.4. The number of carbonyl (C=O) groups excluding carboxylic acids is 1. The van der Waals surface area contributed by atoms with E-state index in [9.17, 15) is 14.7 Å². The molecule has 0 spiro atoms. The van der Waals surface area contributed by atoms with Crippen molar-refractivity contribution in [1.29, 1.82) is 0 Å². The molecule has 4 nitrogen and oxygen atoms in total. The molecule has 0 aliphatic rings. The molecule has 1 atom stereocenters. The molecule has 0 aromatic heterocycles. The number of halogens is 1. The summed E-state index contributed by atoms with van der Waals surface area (Å²) in [7, 11) is 0. The summed E-state index contributed by atoms with van der Waals surface area (Å²) >= 11 is 5.76. The third kappa shape index (κ3) is 4.33. The molecule has 0 fully saturated rings. The second-order valence-electron chi connectivity index (χ2n) is 4.58. The number of nitrogens with one attached hydrogen (secondary N) is 1. The number of carboxylic acids is 1. The number of carbonyl (C=O) groups is 2. The number of aliphatic carboxylic acids is 1. The van der Waals surface area contributed by atoms with Gasteiger partial charge in [-0.05, 0) is 36.2 Å². The number of anilines is 1. The summed E-state index contributed by atoms with van der Waals surface area (Å²) in [6.07, 6.45) is 0.148. The van der Waals surface area contributed by atoms with Crippen molar-refractivity contribution >= 4 is 29.2 Å². The molecular weight excluding hydrogens is 290 g/mol. The highest BCUT2D eigenvalue weighted by Crippen LogP contribution is 2.16. The van der Waals surface area contributed by atoms with Crippen LogP contribution in [-0.2, 0) is 16.0 Å². The van der Waals surface area contributed by atoms with Gasteiger partial charge in [0.05, 0.1) is 0 Å². The van der Waals surface area contributed by atoms with Crippen molar-refractivity contribution in [2.24, 2.45) is 5.92 Å². The van der Waals surface area contributed by atoms with Crippen molar-refractivity contribution in [1.82, 2.24) is 0 Å². The van der Waals surface area contributed by atoms with Gasteiger partial charge < -0.3 is 10.4 Å². The Kier molecular flexibility index (Phi) is 4.95. The van der Waals surface area contributed by atoms with Crippen molar-refractivity contribution in [3.8, 4) is 0 Å². The maximum Gasteiger partial charge on any atom is 0.316 e. The van der Waals surface area contributed by atoms with E-state index in [1.165, 1.54) is 0 Å². The summed E-state index contributed by atoms with van der Waals surface area (Å²) in [5.41, 5.74) is 1.32. The van der Waals surface area contributed by atoms with Crippen LogP contribution in [0, 0.1) is 5.92 Å². The molecule has 0 aliphatic carbocycles. The highest BCUT2D eigenvalue weighted by Gasteiger charge is 2.26. The van der Waals surface area contributed by atoms with Crippen molar-refractivity contribution in [3.05, 3.63) is 65.2 Å². The van der Waals surface area contributed by atoms with Crippen molar-refractivity contribution in [2.75, 3.05) is 5.32 Å². The normalized spacial score (nSPS) is 11.7. The molecule has 0 saturated heterocycles. The van der Waals surface area contributed by atoms with Gasteiger partial charge >= 0.3 is 5.97 Å². The van der Waals surface area contributed by atoms with Crippen LogP contribution in [-0.4, -0.2) is 17.0 Å². The molecule has 5 heteroatoms. The highest BCUT2D eigenvalue weighted by atomic mass is 35.5. The third-order valence-electron chi connectivity index (χ3n) is 3.01. The highest BCUT2D eigenvalue weighted by molar-refractivity contribution is 6.30. The Morgan fingerprint density at radius 1 is 1.05 bits per heavy atom. The first kappa shape index (κ1) is 15.1. The first-order valence-corrected chi connectivity index (χ1v) is 6.77. The maximum atomic E-state index is 12.1. The van der Waals surface area contributed by atoms with Gasteiger partial charge in [-0.15, -0.1) is 0 Å². The topological polar surface area (TPSA) is 66.4 Å². The van der Waals surface area contributed by atoms with Crippen LogP contribution in [0.5, 0.6) is 0 Å². The minimum atomic E-state index is -1.15. The number of carboxylic acid groups (broad SMARTS) is 1. The van der Waals surface area contributed by atoms with Gasteiger partial charge in [-0.1, -0.05) is 41.9 Å². The minimum absolute atomic E-state index is 0.148. The SMILES string of the molecule is O=C(O)C(Cc1ccccc1)C(=O)Nc1ccc(Cl)cc1. The van der Waals surface area contributed by atoms with E-state index in [0.29, 0.717) is 10.7 Å². The molecule has 2 rings (SSSR count). The van der Waals surface area contributed by atoms with Gasteiger partial charge in [0.2, 0.25) is 5.91 Å². The maximum absolute atomic E-state index is 12.1. The van der Waals surface area contributed by atoms with E-state index in [-0.39, 0.29) is 6.42 Å². The quantitative estimate of drug-likeness (QED) is 0.833. The lowest BCUT2D eigenvalue weighted by molar-refractivity contribution is -0.145. The molecule has 2 aromatic rings. The largest absolute Gasteiger partial charge is 0.481 e. The van der Waals surface area contributed by atoms with Gasteiger partial charge in [0, 0.05) is 10.7 Å². The molecule has 0 bridgehead atoms. The van der Waals surface area contributed by atoms with Crippen molar-refractivity contribution < 1.29 is 14.7 Å². The first-order valence-electron chi connectivity index (χ1n) is 6.39. The third-order valence-corrected chi connectivity index (χ3v) is 3.26. The molecule has 21 heavy (non-hydrogen) atoms. The van der Waals surface area contributed by atoms with Gasteiger partial charge in [0.25, 0.3) is 0 Å². The Balaban J connectivity index is 2.09. The van der Waals surface area contributed by atoms with Crippen LogP contribution >= 0.6 is 11.6 Å². The second-order valence-corrected chi connectivity index (χ2v) is 5.01. The van der Waals surface area contributed by atoms with Gasteiger partial charge in [-0.2, -0.15) is 0 Å². The molecule has 1 amide bonds. The summed E-state index contributed by atoms with van der Waals surface area (Å²) in [6.45, 7) is 0. The molecular formula is C16H14ClNO3.